The Morgan fingerprint density at radius 2 is 1.79 bits per heavy atom. The first kappa shape index (κ1) is 16.4. The molecule has 0 aliphatic carbocycles. The standard InChI is InChI=1S/C17H13F3N2OS/c1-22(10-15-21-13-4-2-3-5-14(13)24-15)16(23)11-6-8-12(9-7-11)17(18,19)20/h2-9H,10H2,1H3. The molecule has 0 radical (unpaired) electrons. The van der Waals surface area contributed by atoms with Crippen molar-refractivity contribution in [3.8, 4) is 0 Å². The molecular weight excluding hydrogens is 337 g/mol. The quantitative estimate of drug-likeness (QED) is 0.692. The Bertz CT molecular complexity index is 838. The fraction of sp³-hybridized carbons (Fsp3) is 0.176. The third-order valence-electron chi connectivity index (χ3n) is 3.52. The van der Waals surface area contributed by atoms with E-state index in [9.17, 15) is 18.0 Å². The second kappa shape index (κ2) is 6.24. The van der Waals surface area contributed by atoms with E-state index in [0.717, 1.165) is 27.4 Å². The number of hydrogen-bond donors (Lipinski definition) is 0. The van der Waals surface area contributed by atoms with Crippen molar-refractivity contribution in [2.45, 2.75) is 12.7 Å². The fourth-order valence-electron chi connectivity index (χ4n) is 2.28. The minimum absolute atomic E-state index is 0.214. The van der Waals surface area contributed by atoms with Gasteiger partial charge in [-0.2, -0.15) is 13.2 Å². The second-order valence-corrected chi connectivity index (χ2v) is 6.43. The molecule has 7 heteroatoms. The summed E-state index contributed by atoms with van der Waals surface area (Å²) in [6.07, 6.45) is -4.41. The first-order valence-electron chi connectivity index (χ1n) is 7.12. The van der Waals surface area contributed by atoms with E-state index in [4.69, 9.17) is 0 Å². The van der Waals surface area contributed by atoms with Crippen molar-refractivity contribution < 1.29 is 18.0 Å². The number of nitrogens with zero attached hydrogens (tertiary/aromatic N) is 2. The minimum Gasteiger partial charge on any atom is -0.335 e. The summed E-state index contributed by atoms with van der Waals surface area (Å²) in [6.45, 7) is 0.305. The summed E-state index contributed by atoms with van der Waals surface area (Å²) in [6, 6.07) is 11.9. The highest BCUT2D eigenvalue weighted by atomic mass is 32.1. The number of para-hydroxylation sites is 1. The van der Waals surface area contributed by atoms with Gasteiger partial charge < -0.3 is 4.90 Å². The van der Waals surface area contributed by atoms with Crippen molar-refractivity contribution in [1.29, 1.82) is 0 Å². The van der Waals surface area contributed by atoms with E-state index in [1.54, 1.807) is 7.05 Å². The van der Waals surface area contributed by atoms with Crippen LogP contribution in [0.5, 0.6) is 0 Å². The van der Waals surface area contributed by atoms with Crippen LogP contribution in [0.2, 0.25) is 0 Å². The fourth-order valence-corrected chi connectivity index (χ4v) is 3.31. The average Bonchev–Trinajstić information content (AvgIpc) is 2.95. The number of rotatable bonds is 3. The summed E-state index contributed by atoms with van der Waals surface area (Å²) in [5, 5.41) is 0.777. The number of amides is 1. The smallest absolute Gasteiger partial charge is 0.335 e. The number of alkyl halides is 3. The average molecular weight is 350 g/mol. The Hall–Kier alpha value is -2.41. The molecule has 124 valence electrons. The number of aromatic nitrogens is 1. The predicted octanol–water partition coefficient (Wildman–Crippen LogP) is 4.59. The SMILES string of the molecule is CN(Cc1nc2ccccc2s1)C(=O)c1ccc(C(F)(F)F)cc1. The Morgan fingerprint density at radius 3 is 2.42 bits per heavy atom. The summed E-state index contributed by atoms with van der Waals surface area (Å²) < 4.78 is 38.7. The molecule has 24 heavy (non-hydrogen) atoms. The summed E-state index contributed by atoms with van der Waals surface area (Å²) in [7, 11) is 1.60. The van der Waals surface area contributed by atoms with Gasteiger partial charge in [-0.25, -0.2) is 4.98 Å². The van der Waals surface area contributed by atoms with Crippen molar-refractivity contribution >= 4 is 27.5 Å². The van der Waals surface area contributed by atoms with Gasteiger partial charge in [0.15, 0.2) is 0 Å². The van der Waals surface area contributed by atoms with Gasteiger partial charge in [-0.3, -0.25) is 4.79 Å². The van der Waals surface area contributed by atoms with Crippen LogP contribution >= 0.6 is 11.3 Å². The van der Waals surface area contributed by atoms with Crippen molar-refractivity contribution in [1.82, 2.24) is 9.88 Å². The van der Waals surface area contributed by atoms with Gasteiger partial charge in [0.1, 0.15) is 5.01 Å². The third-order valence-corrected chi connectivity index (χ3v) is 4.54. The molecule has 3 aromatic rings. The van der Waals surface area contributed by atoms with E-state index in [0.29, 0.717) is 6.54 Å². The van der Waals surface area contributed by atoms with Crippen LogP contribution in [0.1, 0.15) is 20.9 Å². The van der Waals surface area contributed by atoms with Crippen molar-refractivity contribution in [2.75, 3.05) is 7.05 Å². The normalized spacial score (nSPS) is 11.7. The Balaban J connectivity index is 1.74. The molecule has 3 nitrogen and oxygen atoms in total. The Kier molecular flexibility index (Phi) is 4.28. The maximum absolute atomic E-state index is 12.6. The molecule has 0 N–H and O–H groups in total. The summed E-state index contributed by atoms with van der Waals surface area (Å²) in [4.78, 5) is 18.2. The van der Waals surface area contributed by atoms with Crippen LogP contribution in [0.25, 0.3) is 10.2 Å². The molecule has 0 atom stereocenters. The highest BCUT2D eigenvalue weighted by molar-refractivity contribution is 7.18. The molecule has 0 bridgehead atoms. The molecule has 0 spiro atoms. The van der Waals surface area contributed by atoms with Gasteiger partial charge in [0, 0.05) is 12.6 Å². The number of fused-ring (bicyclic) bond motifs is 1. The van der Waals surface area contributed by atoms with Gasteiger partial charge in [0.2, 0.25) is 0 Å². The first-order chi connectivity index (χ1) is 11.3. The van der Waals surface area contributed by atoms with Crippen LogP contribution in [0, 0.1) is 0 Å². The molecule has 0 fully saturated rings. The van der Waals surface area contributed by atoms with Crippen LogP contribution in [-0.2, 0) is 12.7 Å². The van der Waals surface area contributed by atoms with Crippen LogP contribution < -0.4 is 0 Å². The minimum atomic E-state index is -4.41. The molecule has 0 saturated carbocycles. The second-order valence-electron chi connectivity index (χ2n) is 5.31. The molecule has 2 aromatic carbocycles. The lowest BCUT2D eigenvalue weighted by Gasteiger charge is -2.16. The number of thiazole rings is 1. The van der Waals surface area contributed by atoms with E-state index >= 15 is 0 Å². The van der Waals surface area contributed by atoms with Gasteiger partial charge in [-0.05, 0) is 36.4 Å². The lowest BCUT2D eigenvalue weighted by Crippen LogP contribution is -2.26. The molecule has 0 unspecified atom stereocenters. The molecule has 0 saturated heterocycles. The molecule has 1 aromatic heterocycles. The number of hydrogen-bond acceptors (Lipinski definition) is 3. The van der Waals surface area contributed by atoms with Gasteiger partial charge in [-0.1, -0.05) is 12.1 Å². The Labute approximate surface area is 140 Å². The summed E-state index contributed by atoms with van der Waals surface area (Å²) in [5.74, 6) is -0.344. The van der Waals surface area contributed by atoms with Crippen LogP contribution in [-0.4, -0.2) is 22.8 Å². The molecule has 0 aliphatic rings. The van der Waals surface area contributed by atoms with Crippen LogP contribution in [0.15, 0.2) is 48.5 Å². The highest BCUT2D eigenvalue weighted by Crippen LogP contribution is 2.29. The number of carbonyl (C=O) groups excluding carboxylic acids is 1. The lowest BCUT2D eigenvalue weighted by molar-refractivity contribution is -0.137. The topological polar surface area (TPSA) is 33.2 Å². The van der Waals surface area contributed by atoms with Crippen molar-refractivity contribution in [3.63, 3.8) is 0 Å². The number of benzene rings is 2. The van der Waals surface area contributed by atoms with Gasteiger partial charge in [0.05, 0.1) is 22.3 Å². The maximum atomic E-state index is 12.6. The van der Waals surface area contributed by atoms with E-state index < -0.39 is 11.7 Å². The van der Waals surface area contributed by atoms with E-state index in [-0.39, 0.29) is 11.5 Å². The maximum Gasteiger partial charge on any atom is 0.416 e. The van der Waals surface area contributed by atoms with Gasteiger partial charge >= 0.3 is 6.18 Å². The number of carbonyl (C=O) groups is 1. The highest BCUT2D eigenvalue weighted by Gasteiger charge is 2.30. The summed E-state index contributed by atoms with van der Waals surface area (Å²) >= 11 is 1.49. The number of halogens is 3. The van der Waals surface area contributed by atoms with Crippen molar-refractivity contribution in [3.05, 3.63) is 64.7 Å². The van der Waals surface area contributed by atoms with E-state index in [1.165, 1.54) is 28.4 Å². The zero-order chi connectivity index (χ0) is 17.3. The molecule has 1 amide bonds. The molecule has 3 rings (SSSR count). The third kappa shape index (κ3) is 3.41. The van der Waals surface area contributed by atoms with Gasteiger partial charge in [0.25, 0.3) is 5.91 Å². The predicted molar refractivity (Wildman–Crippen MR) is 86.9 cm³/mol. The largest absolute Gasteiger partial charge is 0.416 e. The monoisotopic (exact) mass is 350 g/mol. The molecule has 0 aliphatic heterocycles. The van der Waals surface area contributed by atoms with Gasteiger partial charge in [-0.15, -0.1) is 11.3 Å². The molecular formula is C17H13F3N2OS. The van der Waals surface area contributed by atoms with E-state index in [2.05, 4.69) is 4.98 Å². The lowest BCUT2D eigenvalue weighted by atomic mass is 10.1. The van der Waals surface area contributed by atoms with E-state index in [1.807, 2.05) is 24.3 Å². The zero-order valence-corrected chi connectivity index (χ0v) is 13.5. The zero-order valence-electron chi connectivity index (χ0n) is 12.7. The summed E-state index contributed by atoms with van der Waals surface area (Å²) in [5.41, 5.74) is 0.312. The molecule has 1 heterocycles. The Morgan fingerprint density at radius 1 is 1.12 bits per heavy atom. The van der Waals surface area contributed by atoms with Crippen LogP contribution in [0.3, 0.4) is 0 Å². The van der Waals surface area contributed by atoms with Crippen LogP contribution in [0.4, 0.5) is 13.2 Å². The first-order valence-corrected chi connectivity index (χ1v) is 7.93. The van der Waals surface area contributed by atoms with Crippen molar-refractivity contribution in [2.24, 2.45) is 0 Å².